The van der Waals surface area contributed by atoms with E-state index in [9.17, 15) is 9.59 Å². The van der Waals surface area contributed by atoms with Crippen molar-refractivity contribution >= 4 is 11.9 Å². The molecular weight excluding hydrogens is 320 g/mol. The summed E-state index contributed by atoms with van der Waals surface area (Å²) in [5, 5.41) is 0. The third-order valence-corrected chi connectivity index (χ3v) is 4.79. The van der Waals surface area contributed by atoms with Crippen LogP contribution in [0.2, 0.25) is 0 Å². The Kier molecular flexibility index (Phi) is 5.16. The first kappa shape index (κ1) is 17.2. The van der Waals surface area contributed by atoms with Gasteiger partial charge in [-0.2, -0.15) is 0 Å². The molecule has 3 unspecified atom stereocenters. The molecule has 2 aromatic rings. The number of benzene rings is 1. The summed E-state index contributed by atoms with van der Waals surface area (Å²) in [6.07, 6.45) is 4.90. The predicted octanol–water partition coefficient (Wildman–Crippen LogP) is 2.99. The maximum Gasteiger partial charge on any atom is 0.356 e. The molecule has 6 heteroatoms. The lowest BCUT2D eigenvalue weighted by Crippen LogP contribution is -2.29. The highest BCUT2D eigenvalue weighted by atomic mass is 16.6. The van der Waals surface area contributed by atoms with E-state index in [1.165, 1.54) is 13.3 Å². The fourth-order valence-electron chi connectivity index (χ4n) is 3.35. The van der Waals surface area contributed by atoms with Gasteiger partial charge in [-0.3, -0.25) is 4.79 Å². The molecule has 0 bridgehead atoms. The Morgan fingerprint density at radius 2 is 2.00 bits per heavy atom. The van der Waals surface area contributed by atoms with Gasteiger partial charge in [0.2, 0.25) is 0 Å². The minimum atomic E-state index is -0.457. The molecule has 0 spiro atoms. The minimum absolute atomic E-state index is 0.0498. The molecule has 6 nitrogen and oxygen atoms in total. The monoisotopic (exact) mass is 342 g/mol. The van der Waals surface area contributed by atoms with E-state index in [4.69, 9.17) is 9.47 Å². The Morgan fingerprint density at radius 3 is 2.72 bits per heavy atom. The number of imidazole rings is 1. The molecular formula is C19H22N2O4. The first-order chi connectivity index (χ1) is 12.1. The highest BCUT2D eigenvalue weighted by molar-refractivity contribution is 5.88. The molecule has 0 saturated heterocycles. The van der Waals surface area contributed by atoms with Crippen LogP contribution in [-0.4, -0.2) is 34.7 Å². The number of rotatable bonds is 5. The van der Waals surface area contributed by atoms with Crippen molar-refractivity contribution in [2.24, 2.45) is 5.92 Å². The molecule has 0 aliphatic heterocycles. The molecule has 1 aromatic carbocycles. The van der Waals surface area contributed by atoms with Gasteiger partial charge in [0.15, 0.2) is 0 Å². The second kappa shape index (κ2) is 7.51. The SMILES string of the molecule is COC(=O)C1CCCC1OC(=O)c1cncn1C(C)c1ccccc1. The molecule has 25 heavy (non-hydrogen) atoms. The van der Waals surface area contributed by atoms with E-state index in [0.717, 1.165) is 12.0 Å². The van der Waals surface area contributed by atoms with Crippen molar-refractivity contribution in [1.29, 1.82) is 0 Å². The summed E-state index contributed by atoms with van der Waals surface area (Å²) in [6, 6.07) is 9.83. The van der Waals surface area contributed by atoms with Gasteiger partial charge in [0.1, 0.15) is 11.8 Å². The van der Waals surface area contributed by atoms with Gasteiger partial charge >= 0.3 is 11.9 Å². The number of hydrogen-bond acceptors (Lipinski definition) is 5. The number of ether oxygens (including phenoxy) is 2. The van der Waals surface area contributed by atoms with Crippen molar-refractivity contribution in [3.05, 3.63) is 54.1 Å². The lowest BCUT2D eigenvalue weighted by molar-refractivity contribution is -0.148. The second-order valence-electron chi connectivity index (χ2n) is 6.28. The van der Waals surface area contributed by atoms with Crippen LogP contribution in [0.15, 0.2) is 42.9 Å². The summed E-state index contributed by atoms with van der Waals surface area (Å²) in [4.78, 5) is 28.6. The Labute approximate surface area is 146 Å². The third-order valence-electron chi connectivity index (χ3n) is 4.79. The van der Waals surface area contributed by atoms with E-state index in [0.29, 0.717) is 18.5 Å². The molecule has 0 radical (unpaired) electrons. The van der Waals surface area contributed by atoms with Crippen LogP contribution in [0.5, 0.6) is 0 Å². The van der Waals surface area contributed by atoms with Crippen molar-refractivity contribution in [2.45, 2.75) is 38.3 Å². The molecule has 1 heterocycles. The summed E-state index contributed by atoms with van der Waals surface area (Å²) in [5.74, 6) is -1.15. The quantitative estimate of drug-likeness (QED) is 0.781. The summed E-state index contributed by atoms with van der Waals surface area (Å²) < 4.78 is 12.2. The van der Waals surface area contributed by atoms with E-state index in [1.807, 2.05) is 37.3 Å². The standard InChI is InChI=1S/C19H22N2O4/c1-13(14-7-4-3-5-8-14)21-12-20-11-16(21)19(23)25-17-10-6-9-15(17)18(22)24-2/h3-5,7-8,11-13,15,17H,6,9-10H2,1-2H3. The number of methoxy groups -OCH3 is 1. The molecule has 3 atom stereocenters. The van der Waals surface area contributed by atoms with Gasteiger partial charge in [0.25, 0.3) is 0 Å². The van der Waals surface area contributed by atoms with Crippen molar-refractivity contribution in [1.82, 2.24) is 9.55 Å². The predicted molar refractivity (Wildman–Crippen MR) is 91.0 cm³/mol. The van der Waals surface area contributed by atoms with Crippen molar-refractivity contribution < 1.29 is 19.1 Å². The average Bonchev–Trinajstić information content (AvgIpc) is 3.30. The Balaban J connectivity index is 1.76. The normalized spacial score (nSPS) is 20.9. The number of nitrogens with zero attached hydrogens (tertiary/aromatic N) is 2. The van der Waals surface area contributed by atoms with Crippen LogP contribution in [0.25, 0.3) is 0 Å². The van der Waals surface area contributed by atoms with E-state index in [2.05, 4.69) is 4.98 Å². The summed E-state index contributed by atoms with van der Waals surface area (Å²) >= 11 is 0. The van der Waals surface area contributed by atoms with Crippen LogP contribution < -0.4 is 0 Å². The van der Waals surface area contributed by atoms with E-state index >= 15 is 0 Å². The number of esters is 2. The topological polar surface area (TPSA) is 70.4 Å². The third kappa shape index (κ3) is 3.57. The summed E-state index contributed by atoms with van der Waals surface area (Å²) in [6.45, 7) is 2.00. The smallest absolute Gasteiger partial charge is 0.356 e. The van der Waals surface area contributed by atoms with Gasteiger partial charge in [-0.15, -0.1) is 0 Å². The first-order valence-electron chi connectivity index (χ1n) is 8.47. The second-order valence-corrected chi connectivity index (χ2v) is 6.28. The molecule has 0 N–H and O–H groups in total. The molecule has 132 valence electrons. The van der Waals surface area contributed by atoms with Crippen molar-refractivity contribution in [3.8, 4) is 0 Å². The van der Waals surface area contributed by atoms with Crippen LogP contribution in [0, 0.1) is 5.92 Å². The average molecular weight is 342 g/mol. The Bertz CT molecular complexity index is 741. The molecule has 1 aliphatic carbocycles. The zero-order chi connectivity index (χ0) is 17.8. The van der Waals surface area contributed by atoms with Crippen LogP contribution in [-0.2, 0) is 14.3 Å². The fourth-order valence-corrected chi connectivity index (χ4v) is 3.35. The summed E-state index contributed by atoms with van der Waals surface area (Å²) in [5.41, 5.74) is 1.45. The van der Waals surface area contributed by atoms with E-state index in [1.54, 1.807) is 10.9 Å². The number of aromatic nitrogens is 2. The van der Waals surface area contributed by atoms with Gasteiger partial charge in [0.05, 0.1) is 31.6 Å². The van der Waals surface area contributed by atoms with Crippen LogP contribution in [0.4, 0.5) is 0 Å². The lowest BCUT2D eigenvalue weighted by Gasteiger charge is -2.20. The van der Waals surface area contributed by atoms with Crippen molar-refractivity contribution in [3.63, 3.8) is 0 Å². The molecule has 1 aliphatic rings. The first-order valence-corrected chi connectivity index (χ1v) is 8.47. The number of carbonyl (C=O) groups is 2. The van der Waals surface area contributed by atoms with Crippen LogP contribution in [0.3, 0.4) is 0 Å². The highest BCUT2D eigenvalue weighted by Crippen LogP contribution is 2.30. The van der Waals surface area contributed by atoms with Crippen LogP contribution >= 0.6 is 0 Å². The number of hydrogen-bond donors (Lipinski definition) is 0. The van der Waals surface area contributed by atoms with Gasteiger partial charge in [-0.1, -0.05) is 30.3 Å². The summed E-state index contributed by atoms with van der Waals surface area (Å²) in [7, 11) is 1.36. The molecule has 3 rings (SSSR count). The zero-order valence-electron chi connectivity index (χ0n) is 14.4. The van der Waals surface area contributed by atoms with E-state index in [-0.39, 0.29) is 17.9 Å². The Hall–Kier alpha value is -2.63. The largest absolute Gasteiger partial charge is 0.469 e. The van der Waals surface area contributed by atoms with Crippen molar-refractivity contribution in [2.75, 3.05) is 7.11 Å². The maximum absolute atomic E-state index is 12.6. The Morgan fingerprint density at radius 1 is 1.24 bits per heavy atom. The zero-order valence-corrected chi connectivity index (χ0v) is 14.4. The fraction of sp³-hybridized carbons (Fsp3) is 0.421. The van der Waals surface area contributed by atoms with Gasteiger partial charge in [-0.25, -0.2) is 9.78 Å². The molecule has 1 saturated carbocycles. The van der Waals surface area contributed by atoms with E-state index < -0.39 is 12.1 Å². The molecule has 1 aromatic heterocycles. The number of carbonyl (C=O) groups excluding carboxylic acids is 2. The van der Waals surface area contributed by atoms with Gasteiger partial charge in [-0.05, 0) is 31.7 Å². The van der Waals surface area contributed by atoms with Gasteiger partial charge < -0.3 is 14.0 Å². The molecule has 0 amide bonds. The van der Waals surface area contributed by atoms with Gasteiger partial charge in [0, 0.05) is 0 Å². The highest BCUT2D eigenvalue weighted by Gasteiger charge is 2.37. The lowest BCUT2D eigenvalue weighted by atomic mass is 10.1. The minimum Gasteiger partial charge on any atom is -0.469 e. The van der Waals surface area contributed by atoms with Crippen LogP contribution in [0.1, 0.15) is 48.3 Å². The maximum atomic E-state index is 12.6. The molecule has 1 fully saturated rings.